The third-order valence-corrected chi connectivity index (χ3v) is 1.37. The van der Waals surface area contributed by atoms with Gasteiger partial charge < -0.3 is 5.32 Å². The molecule has 1 amide bonds. The maximum absolute atomic E-state index is 10.9. The smallest absolute Gasteiger partial charge is 0.225 e. The number of nitrogens with one attached hydrogen (secondary N) is 1. The molecule has 0 radical (unpaired) electrons. The van der Waals surface area contributed by atoms with Crippen LogP contribution in [0.2, 0.25) is 0 Å². The minimum Gasteiger partial charge on any atom is -0.309 e. The zero-order valence-corrected chi connectivity index (χ0v) is 7.11. The first-order valence-electron chi connectivity index (χ1n) is 3.80. The number of carbonyl (C=O) groups is 1. The van der Waals surface area contributed by atoms with Crippen molar-refractivity contribution in [1.82, 2.24) is 10.2 Å². The molecule has 5 heteroatoms. The lowest BCUT2D eigenvalue weighted by atomic mass is 10.4. The van der Waals surface area contributed by atoms with Crippen molar-refractivity contribution in [2.24, 2.45) is 0 Å². The summed E-state index contributed by atoms with van der Waals surface area (Å²) in [5.41, 5.74) is 0.231. The Bertz CT molecular complexity index is 338. The van der Waals surface area contributed by atoms with Crippen LogP contribution in [0.25, 0.3) is 0 Å². The first-order valence-corrected chi connectivity index (χ1v) is 3.80. The second-order valence-corrected chi connectivity index (χ2v) is 2.32. The van der Waals surface area contributed by atoms with Crippen molar-refractivity contribution >= 4 is 11.7 Å². The highest BCUT2D eigenvalue weighted by atomic mass is 16.1. The van der Waals surface area contributed by atoms with Crippen LogP contribution in [0.1, 0.15) is 19.0 Å². The van der Waals surface area contributed by atoms with E-state index in [0.717, 1.165) is 0 Å². The number of nitriles is 1. The molecule has 0 fully saturated rings. The zero-order valence-electron chi connectivity index (χ0n) is 7.11. The first kappa shape index (κ1) is 9.13. The molecule has 0 atom stereocenters. The quantitative estimate of drug-likeness (QED) is 0.719. The number of nitrogens with zero attached hydrogens (tertiary/aromatic N) is 3. The van der Waals surface area contributed by atoms with Crippen LogP contribution in [0.15, 0.2) is 12.1 Å². The lowest BCUT2D eigenvalue weighted by Gasteiger charge is -1.99. The topological polar surface area (TPSA) is 78.7 Å². The van der Waals surface area contributed by atoms with Crippen LogP contribution < -0.4 is 5.32 Å². The fourth-order valence-corrected chi connectivity index (χ4v) is 0.690. The molecule has 0 saturated heterocycles. The number of rotatable bonds is 2. The molecular formula is C8H8N4O. The summed E-state index contributed by atoms with van der Waals surface area (Å²) in [6.45, 7) is 1.74. The van der Waals surface area contributed by atoms with E-state index in [4.69, 9.17) is 5.26 Å². The monoisotopic (exact) mass is 176 g/mol. The predicted molar refractivity (Wildman–Crippen MR) is 45.7 cm³/mol. The van der Waals surface area contributed by atoms with Gasteiger partial charge in [-0.3, -0.25) is 4.79 Å². The number of anilines is 1. The maximum Gasteiger partial charge on any atom is 0.225 e. The highest BCUT2D eigenvalue weighted by Crippen LogP contribution is 2.01. The fourth-order valence-electron chi connectivity index (χ4n) is 0.690. The molecule has 13 heavy (non-hydrogen) atoms. The van der Waals surface area contributed by atoms with Gasteiger partial charge >= 0.3 is 0 Å². The summed E-state index contributed by atoms with van der Waals surface area (Å²) < 4.78 is 0. The van der Waals surface area contributed by atoms with E-state index in [1.54, 1.807) is 13.0 Å². The predicted octanol–water partition coefficient (Wildman–Crippen LogP) is 0.697. The molecular weight excluding hydrogens is 168 g/mol. The van der Waals surface area contributed by atoms with Gasteiger partial charge in [-0.2, -0.15) is 5.26 Å². The third-order valence-electron chi connectivity index (χ3n) is 1.37. The molecule has 66 valence electrons. The molecule has 1 aromatic heterocycles. The van der Waals surface area contributed by atoms with Gasteiger partial charge in [-0.15, -0.1) is 10.2 Å². The van der Waals surface area contributed by atoms with Gasteiger partial charge in [-0.05, 0) is 12.1 Å². The van der Waals surface area contributed by atoms with Crippen molar-refractivity contribution in [3.8, 4) is 6.07 Å². The minimum absolute atomic E-state index is 0.126. The van der Waals surface area contributed by atoms with E-state index in [1.165, 1.54) is 6.07 Å². The Hall–Kier alpha value is -1.96. The van der Waals surface area contributed by atoms with E-state index < -0.39 is 0 Å². The molecule has 1 rings (SSSR count). The van der Waals surface area contributed by atoms with E-state index in [9.17, 15) is 4.79 Å². The average molecular weight is 176 g/mol. The summed E-state index contributed by atoms with van der Waals surface area (Å²) in [5.74, 6) is 0.241. The number of hydrogen-bond donors (Lipinski definition) is 1. The summed E-state index contributed by atoms with van der Waals surface area (Å²) in [6.07, 6.45) is 0.391. The molecule has 0 unspecified atom stereocenters. The van der Waals surface area contributed by atoms with Crippen molar-refractivity contribution in [1.29, 1.82) is 5.26 Å². The standard InChI is InChI=1S/C8H8N4O/c1-2-8(13)10-7-4-3-6(5-9)11-12-7/h3-4H,2H2,1H3,(H,10,12,13). The van der Waals surface area contributed by atoms with E-state index in [0.29, 0.717) is 12.2 Å². The fraction of sp³-hybridized carbons (Fsp3) is 0.250. The summed E-state index contributed by atoms with van der Waals surface area (Å²) in [4.78, 5) is 10.9. The summed E-state index contributed by atoms with van der Waals surface area (Å²) in [5, 5.41) is 18.1. The van der Waals surface area contributed by atoms with E-state index in [1.807, 2.05) is 6.07 Å². The summed E-state index contributed by atoms with van der Waals surface area (Å²) in [6, 6.07) is 4.87. The highest BCUT2D eigenvalue weighted by Gasteiger charge is 2.00. The Balaban J connectivity index is 2.71. The Morgan fingerprint density at radius 3 is 2.85 bits per heavy atom. The molecule has 0 aliphatic carbocycles. The normalized spacial score (nSPS) is 8.92. The van der Waals surface area contributed by atoms with Crippen molar-refractivity contribution in [3.63, 3.8) is 0 Å². The Labute approximate surface area is 75.4 Å². The second-order valence-electron chi connectivity index (χ2n) is 2.32. The molecule has 0 aliphatic heterocycles. The lowest BCUT2D eigenvalue weighted by Crippen LogP contribution is -2.11. The van der Waals surface area contributed by atoms with Crippen LogP contribution in [-0.4, -0.2) is 16.1 Å². The largest absolute Gasteiger partial charge is 0.309 e. The SMILES string of the molecule is CCC(=O)Nc1ccc(C#N)nn1. The molecule has 0 bridgehead atoms. The van der Waals surface area contributed by atoms with Crippen LogP contribution in [0.5, 0.6) is 0 Å². The van der Waals surface area contributed by atoms with E-state index >= 15 is 0 Å². The third kappa shape index (κ3) is 2.52. The number of amides is 1. The Morgan fingerprint density at radius 1 is 1.62 bits per heavy atom. The first-order chi connectivity index (χ1) is 6.26. The highest BCUT2D eigenvalue weighted by molar-refractivity contribution is 5.89. The molecule has 0 saturated carbocycles. The number of aromatic nitrogens is 2. The van der Waals surface area contributed by atoms with Crippen LogP contribution in [0, 0.1) is 11.3 Å². The number of carbonyl (C=O) groups excluding carboxylic acids is 1. The molecule has 0 aliphatic rings. The van der Waals surface area contributed by atoms with Crippen LogP contribution in [-0.2, 0) is 4.79 Å². The Kier molecular flexibility index (Phi) is 2.92. The van der Waals surface area contributed by atoms with Gasteiger partial charge in [0, 0.05) is 6.42 Å². The Morgan fingerprint density at radius 2 is 2.38 bits per heavy atom. The van der Waals surface area contributed by atoms with Crippen molar-refractivity contribution in [2.45, 2.75) is 13.3 Å². The van der Waals surface area contributed by atoms with E-state index in [-0.39, 0.29) is 11.6 Å². The van der Waals surface area contributed by atoms with Crippen LogP contribution in [0.4, 0.5) is 5.82 Å². The van der Waals surface area contributed by atoms with Gasteiger partial charge in [0.05, 0.1) is 0 Å². The molecule has 0 aromatic carbocycles. The summed E-state index contributed by atoms with van der Waals surface area (Å²) >= 11 is 0. The zero-order chi connectivity index (χ0) is 9.68. The lowest BCUT2D eigenvalue weighted by molar-refractivity contribution is -0.115. The molecule has 0 spiro atoms. The average Bonchev–Trinajstić information content (AvgIpc) is 2.19. The summed E-state index contributed by atoms with van der Waals surface area (Å²) in [7, 11) is 0. The van der Waals surface area contributed by atoms with Gasteiger partial charge in [-0.25, -0.2) is 0 Å². The van der Waals surface area contributed by atoms with Gasteiger partial charge in [0.25, 0.3) is 0 Å². The van der Waals surface area contributed by atoms with Gasteiger partial charge in [0.1, 0.15) is 6.07 Å². The van der Waals surface area contributed by atoms with Gasteiger partial charge in [0.2, 0.25) is 5.91 Å². The van der Waals surface area contributed by atoms with Crippen molar-refractivity contribution in [3.05, 3.63) is 17.8 Å². The molecule has 1 aromatic rings. The van der Waals surface area contributed by atoms with Gasteiger partial charge in [0.15, 0.2) is 11.5 Å². The molecule has 5 nitrogen and oxygen atoms in total. The van der Waals surface area contributed by atoms with E-state index in [2.05, 4.69) is 15.5 Å². The van der Waals surface area contributed by atoms with Crippen molar-refractivity contribution < 1.29 is 4.79 Å². The second kappa shape index (κ2) is 4.16. The van der Waals surface area contributed by atoms with Crippen molar-refractivity contribution in [2.75, 3.05) is 5.32 Å². The minimum atomic E-state index is -0.126. The van der Waals surface area contributed by atoms with Gasteiger partial charge in [-0.1, -0.05) is 6.92 Å². The molecule has 1 N–H and O–H groups in total. The van der Waals surface area contributed by atoms with Crippen LogP contribution in [0.3, 0.4) is 0 Å². The van der Waals surface area contributed by atoms with Crippen LogP contribution >= 0.6 is 0 Å². The number of hydrogen-bond acceptors (Lipinski definition) is 4. The molecule has 1 heterocycles. The maximum atomic E-state index is 10.9.